The van der Waals surface area contributed by atoms with Gasteiger partial charge in [0.15, 0.2) is 0 Å². The van der Waals surface area contributed by atoms with Gasteiger partial charge < -0.3 is 20.3 Å². The summed E-state index contributed by atoms with van der Waals surface area (Å²) in [5.41, 5.74) is 18.4. The number of allylic oxidation sites excluding steroid dienone is 16. The fourth-order valence-electron chi connectivity index (χ4n) is 9.04. The Morgan fingerprint density at radius 1 is 0.877 bits per heavy atom. The largest absolute Gasteiger partial charge is 0.511 e. The van der Waals surface area contributed by atoms with E-state index in [0.717, 1.165) is 122 Å². The second kappa shape index (κ2) is 17.4. The zero-order valence-corrected chi connectivity index (χ0v) is 36.0. The SMILES string of the molecule is CCC1=C(C)C2=NC1=CC1=C(C)C3=C(O)CC(=C4NC(=C(C)C5=NC(=C2)C([C@@H](C)O)=C5C)[C@@H](C)[C@@H]4CCC(=O)OC/C=C(\C)CC/C=C(\C)CCC=C(C)C)C3=N1. The number of esters is 1. The highest BCUT2D eigenvalue weighted by molar-refractivity contribution is 6.21. The third-order valence-electron chi connectivity index (χ3n) is 12.4. The van der Waals surface area contributed by atoms with Gasteiger partial charge in [-0.15, -0.1) is 0 Å². The zero-order valence-electron chi connectivity index (χ0n) is 36.0. The summed E-state index contributed by atoms with van der Waals surface area (Å²) in [4.78, 5) is 28.7. The number of nitrogens with one attached hydrogen (secondary N) is 1. The van der Waals surface area contributed by atoms with Gasteiger partial charge in [-0.2, -0.15) is 0 Å². The van der Waals surface area contributed by atoms with Gasteiger partial charge in [-0.1, -0.05) is 42.7 Å². The fourth-order valence-corrected chi connectivity index (χ4v) is 9.04. The molecule has 6 aliphatic rings. The molecule has 0 radical (unpaired) electrons. The number of hydrogen-bond donors (Lipinski definition) is 3. The maximum atomic E-state index is 13.3. The smallest absolute Gasteiger partial charge is 0.306 e. The number of aliphatic hydroxyl groups excluding tert-OH is 2. The maximum absolute atomic E-state index is 13.3. The van der Waals surface area contributed by atoms with Gasteiger partial charge in [-0.25, -0.2) is 15.0 Å². The Morgan fingerprint density at radius 2 is 1.58 bits per heavy atom. The van der Waals surface area contributed by atoms with Crippen LogP contribution in [0.4, 0.5) is 0 Å². The predicted octanol–water partition coefficient (Wildman–Crippen LogP) is 11.2. The van der Waals surface area contributed by atoms with Gasteiger partial charge in [0.2, 0.25) is 0 Å². The zero-order chi connectivity index (χ0) is 41.3. The Hall–Kier alpha value is -4.82. The molecule has 3 atom stereocenters. The summed E-state index contributed by atoms with van der Waals surface area (Å²) in [7, 11) is 0. The molecule has 5 heterocycles. The van der Waals surface area contributed by atoms with Crippen LogP contribution in [0.25, 0.3) is 0 Å². The van der Waals surface area contributed by atoms with Gasteiger partial charge in [0.25, 0.3) is 0 Å². The molecule has 5 aliphatic heterocycles. The summed E-state index contributed by atoms with van der Waals surface area (Å²) < 4.78 is 5.76. The molecule has 0 aromatic carbocycles. The monoisotopic (exact) mass is 770 g/mol. The van der Waals surface area contributed by atoms with Gasteiger partial charge in [0.05, 0.1) is 40.3 Å². The molecule has 0 amide bonds. The molecule has 0 saturated carbocycles. The van der Waals surface area contributed by atoms with Crippen molar-refractivity contribution in [1.82, 2.24) is 5.32 Å². The molecule has 1 saturated heterocycles. The normalized spacial score (nSPS) is 22.7. The van der Waals surface area contributed by atoms with E-state index in [1.807, 2.05) is 32.1 Å². The highest BCUT2D eigenvalue weighted by Gasteiger charge is 2.42. The number of rotatable bonds is 13. The van der Waals surface area contributed by atoms with Gasteiger partial charge in [0, 0.05) is 52.8 Å². The first kappa shape index (κ1) is 41.8. The van der Waals surface area contributed by atoms with E-state index in [4.69, 9.17) is 19.7 Å². The molecule has 8 nitrogen and oxygen atoms in total. The molecule has 8 bridgehead atoms. The summed E-state index contributed by atoms with van der Waals surface area (Å²) in [6.45, 7) is 23.2. The van der Waals surface area contributed by atoms with Gasteiger partial charge in [-0.05, 0) is 147 Å². The summed E-state index contributed by atoms with van der Waals surface area (Å²) >= 11 is 0. The first-order chi connectivity index (χ1) is 27.1. The first-order valence-corrected chi connectivity index (χ1v) is 20.9. The lowest BCUT2D eigenvalue weighted by Crippen LogP contribution is -2.16. The van der Waals surface area contributed by atoms with E-state index in [0.29, 0.717) is 18.6 Å². The van der Waals surface area contributed by atoms with Crippen molar-refractivity contribution in [3.63, 3.8) is 0 Å². The van der Waals surface area contributed by atoms with Crippen molar-refractivity contribution >= 4 is 23.1 Å². The quantitative estimate of drug-likeness (QED) is 0.127. The molecular weight excluding hydrogens is 709 g/mol. The average Bonchev–Trinajstić information content (AvgIpc) is 3.91. The van der Waals surface area contributed by atoms with Crippen LogP contribution in [0, 0.1) is 11.8 Å². The van der Waals surface area contributed by atoms with Crippen LogP contribution in [-0.2, 0) is 9.53 Å². The Kier molecular flexibility index (Phi) is 12.7. The summed E-state index contributed by atoms with van der Waals surface area (Å²) in [5, 5.41) is 26.3. The minimum Gasteiger partial charge on any atom is -0.511 e. The van der Waals surface area contributed by atoms with Crippen molar-refractivity contribution in [1.29, 1.82) is 0 Å². The van der Waals surface area contributed by atoms with Crippen molar-refractivity contribution < 1.29 is 19.7 Å². The molecule has 0 aromatic heterocycles. The van der Waals surface area contributed by atoms with Crippen LogP contribution in [0.5, 0.6) is 0 Å². The van der Waals surface area contributed by atoms with E-state index in [1.165, 1.54) is 16.7 Å². The summed E-state index contributed by atoms with van der Waals surface area (Å²) in [6, 6.07) is 0. The van der Waals surface area contributed by atoms with Crippen molar-refractivity contribution in [3.8, 4) is 0 Å². The van der Waals surface area contributed by atoms with E-state index in [9.17, 15) is 15.0 Å². The molecule has 0 aromatic rings. The molecule has 57 heavy (non-hydrogen) atoms. The highest BCUT2D eigenvalue weighted by atomic mass is 16.5. The lowest BCUT2D eigenvalue weighted by atomic mass is 9.85. The molecule has 1 aliphatic carbocycles. The number of fused-ring (bicyclic) bond motifs is 5. The number of hydrogen-bond acceptors (Lipinski definition) is 8. The van der Waals surface area contributed by atoms with Gasteiger partial charge in [-0.3, -0.25) is 4.79 Å². The van der Waals surface area contributed by atoms with Crippen LogP contribution in [-0.4, -0.2) is 46.0 Å². The third kappa shape index (κ3) is 8.57. The number of carbonyl (C=O) groups excluding carboxylic acids is 1. The van der Waals surface area contributed by atoms with Crippen molar-refractivity contribution in [2.45, 2.75) is 134 Å². The van der Waals surface area contributed by atoms with E-state index < -0.39 is 6.10 Å². The van der Waals surface area contributed by atoms with Crippen molar-refractivity contribution in [2.24, 2.45) is 26.8 Å². The van der Waals surface area contributed by atoms with E-state index in [-0.39, 0.29) is 30.8 Å². The Bertz CT molecular complexity index is 2210. The summed E-state index contributed by atoms with van der Waals surface area (Å²) in [6.07, 6.45) is 16.0. The third-order valence-corrected chi connectivity index (χ3v) is 12.4. The number of aliphatic imine (C=N–C) groups is 3. The van der Waals surface area contributed by atoms with Crippen LogP contribution in [0.1, 0.15) is 128 Å². The van der Waals surface area contributed by atoms with Crippen LogP contribution < -0.4 is 5.32 Å². The number of aliphatic hydroxyl groups is 2. The molecule has 0 spiro atoms. The predicted molar refractivity (Wildman–Crippen MR) is 234 cm³/mol. The lowest BCUT2D eigenvalue weighted by molar-refractivity contribution is -0.142. The highest BCUT2D eigenvalue weighted by Crippen LogP contribution is 2.47. The molecule has 1 fully saturated rings. The Labute approximate surface area is 340 Å². The van der Waals surface area contributed by atoms with Crippen LogP contribution in [0.2, 0.25) is 0 Å². The first-order valence-electron chi connectivity index (χ1n) is 20.9. The summed E-state index contributed by atoms with van der Waals surface area (Å²) in [5.74, 6) is 0.0492. The average molecular weight is 771 g/mol. The van der Waals surface area contributed by atoms with Gasteiger partial charge >= 0.3 is 5.97 Å². The molecular formula is C49H62N4O4. The van der Waals surface area contributed by atoms with Crippen LogP contribution >= 0.6 is 0 Å². The molecule has 302 valence electrons. The second-order valence-electron chi connectivity index (χ2n) is 16.8. The molecule has 3 N–H and O–H groups in total. The van der Waals surface area contributed by atoms with Gasteiger partial charge in [0.1, 0.15) is 12.4 Å². The number of ether oxygens (including phenoxy) is 1. The number of carbonyl (C=O) groups is 1. The fraction of sp³-hybridized carbons (Fsp3) is 0.469. The van der Waals surface area contributed by atoms with Crippen LogP contribution in [0.15, 0.2) is 141 Å². The Balaban J connectivity index is 1.29. The lowest BCUT2D eigenvalue weighted by Gasteiger charge is -2.18. The second-order valence-corrected chi connectivity index (χ2v) is 16.8. The minimum absolute atomic E-state index is 0.0108. The Morgan fingerprint density at radius 3 is 2.26 bits per heavy atom. The van der Waals surface area contributed by atoms with Crippen LogP contribution in [0.3, 0.4) is 0 Å². The molecule has 8 heteroatoms. The van der Waals surface area contributed by atoms with E-state index in [2.05, 4.69) is 72.9 Å². The minimum atomic E-state index is -0.721. The van der Waals surface area contributed by atoms with E-state index in [1.54, 1.807) is 6.92 Å². The van der Waals surface area contributed by atoms with E-state index >= 15 is 0 Å². The maximum Gasteiger partial charge on any atom is 0.306 e. The standard InChI is InChI=1S/C49H62N4O4/c1-12-35-29(6)38-25-41-44(34(11)54)32(9)47(52-41)33(10)46-30(7)36(19-20-43(56)57-22-21-28(5)18-14-17-27(4)16-13-15-26(2)3)48(53-46)37-23-42(55)45-31(8)39(51-49(37)45)24-40(35)50-38/h15,17,21,24-25,30,34,36,53-55H,12-14,16,18-20,22-23H2,1-11H3/b27-17+,28-21+,40-24?,41-25?,46-33?,48-37?/t30-,34+,36-/m0/s1. The molecule has 0 unspecified atom stereocenters. The molecule has 6 rings (SSSR count). The van der Waals surface area contributed by atoms with Crippen molar-refractivity contribution in [2.75, 3.05) is 6.61 Å². The topological polar surface area (TPSA) is 116 Å². The number of nitrogens with zero attached hydrogens (tertiary/aromatic N) is 3. The van der Waals surface area contributed by atoms with Crippen molar-refractivity contribution in [3.05, 3.63) is 126 Å².